The first-order valence-electron chi connectivity index (χ1n) is 10.3. The number of carbonyl (C=O) groups excluding carboxylic acids is 1. The lowest BCUT2D eigenvalue weighted by molar-refractivity contribution is -0.137. The Labute approximate surface area is 180 Å². The van der Waals surface area contributed by atoms with E-state index in [0.717, 1.165) is 37.7 Å². The molecule has 8 heteroatoms. The average molecular weight is 430 g/mol. The number of rotatable bonds is 7. The minimum Gasteiger partial charge on any atom is -0.369 e. The zero-order valence-corrected chi connectivity index (χ0v) is 17.2. The smallest absolute Gasteiger partial charge is 0.369 e. The molecular weight excluding hydrogens is 405 g/mol. The zero-order chi connectivity index (χ0) is 22.3. The highest BCUT2D eigenvalue weighted by molar-refractivity contribution is 5.94. The molecule has 0 aliphatic carbocycles. The Morgan fingerprint density at radius 1 is 1.06 bits per heavy atom. The molecule has 0 unspecified atom stereocenters. The van der Waals surface area contributed by atoms with Crippen LogP contribution in [0.4, 0.5) is 18.9 Å². The molecule has 2 aromatic carbocycles. The van der Waals surface area contributed by atoms with Crippen LogP contribution < -0.4 is 10.2 Å². The van der Waals surface area contributed by atoms with Gasteiger partial charge in [-0.15, -0.1) is 0 Å². The van der Waals surface area contributed by atoms with Gasteiger partial charge in [0.1, 0.15) is 0 Å². The van der Waals surface area contributed by atoms with Gasteiger partial charge in [0.25, 0.3) is 5.91 Å². The number of nitriles is 1. The highest BCUT2D eigenvalue weighted by Gasteiger charge is 2.31. The van der Waals surface area contributed by atoms with Crippen molar-refractivity contribution in [1.82, 2.24) is 10.2 Å². The molecule has 0 bridgehead atoms. The normalized spacial score (nSPS) is 14.8. The van der Waals surface area contributed by atoms with Gasteiger partial charge in [-0.3, -0.25) is 9.69 Å². The predicted molar refractivity (Wildman–Crippen MR) is 113 cm³/mol. The standard InChI is InChI=1S/C23H25F3N4O/c24-23(25,26)20-6-2-7-21(17-20)30-14-12-29(13-15-30)11-3-10-28-22(31)19-5-1-4-18(16-19)8-9-27/h1-2,4-7,16-17H,3,8,10-15H2,(H,28,31). The predicted octanol–water partition coefficient (Wildman–Crippen LogP) is 3.71. The summed E-state index contributed by atoms with van der Waals surface area (Å²) in [6.07, 6.45) is -3.28. The Balaban J connectivity index is 1.40. The number of alkyl halides is 3. The van der Waals surface area contributed by atoms with Gasteiger partial charge in [-0.05, 0) is 48.9 Å². The SMILES string of the molecule is N#CCc1cccc(C(=O)NCCCN2CCN(c3cccc(C(F)(F)F)c3)CC2)c1. The number of halogens is 3. The number of benzene rings is 2. The van der Waals surface area contributed by atoms with E-state index in [0.29, 0.717) is 30.9 Å². The van der Waals surface area contributed by atoms with Gasteiger partial charge in [0.15, 0.2) is 0 Å². The fourth-order valence-electron chi connectivity index (χ4n) is 3.63. The van der Waals surface area contributed by atoms with E-state index < -0.39 is 11.7 Å². The van der Waals surface area contributed by atoms with E-state index in [2.05, 4.69) is 16.3 Å². The van der Waals surface area contributed by atoms with Crippen molar-refractivity contribution in [3.8, 4) is 6.07 Å². The van der Waals surface area contributed by atoms with E-state index in [-0.39, 0.29) is 12.3 Å². The number of carbonyl (C=O) groups is 1. The molecule has 3 rings (SSSR count). The Kier molecular flexibility index (Phi) is 7.53. The number of hydrogen-bond donors (Lipinski definition) is 1. The fourth-order valence-corrected chi connectivity index (χ4v) is 3.63. The molecule has 31 heavy (non-hydrogen) atoms. The second-order valence-electron chi connectivity index (χ2n) is 7.52. The summed E-state index contributed by atoms with van der Waals surface area (Å²) in [6.45, 7) is 4.21. The highest BCUT2D eigenvalue weighted by atomic mass is 19.4. The minimum atomic E-state index is -4.33. The van der Waals surface area contributed by atoms with E-state index in [1.807, 2.05) is 11.0 Å². The number of nitrogens with zero attached hydrogens (tertiary/aromatic N) is 3. The van der Waals surface area contributed by atoms with Crippen molar-refractivity contribution in [2.45, 2.75) is 19.0 Å². The minimum absolute atomic E-state index is 0.158. The van der Waals surface area contributed by atoms with Gasteiger partial charge >= 0.3 is 6.18 Å². The maximum absolute atomic E-state index is 12.9. The first-order valence-corrected chi connectivity index (χ1v) is 10.3. The summed E-state index contributed by atoms with van der Waals surface area (Å²) in [5.74, 6) is -0.158. The Morgan fingerprint density at radius 2 is 1.81 bits per heavy atom. The van der Waals surface area contributed by atoms with E-state index >= 15 is 0 Å². The average Bonchev–Trinajstić information content (AvgIpc) is 2.77. The molecule has 0 radical (unpaired) electrons. The van der Waals surface area contributed by atoms with Crippen molar-refractivity contribution in [1.29, 1.82) is 5.26 Å². The molecule has 0 saturated carbocycles. The van der Waals surface area contributed by atoms with Gasteiger partial charge < -0.3 is 10.2 Å². The van der Waals surface area contributed by atoms with Crippen molar-refractivity contribution in [3.63, 3.8) is 0 Å². The summed E-state index contributed by atoms with van der Waals surface area (Å²) < 4.78 is 38.8. The molecule has 2 aromatic rings. The third kappa shape index (κ3) is 6.46. The summed E-state index contributed by atoms with van der Waals surface area (Å²) in [5, 5.41) is 11.7. The summed E-state index contributed by atoms with van der Waals surface area (Å²) in [6, 6.07) is 14.6. The second kappa shape index (κ2) is 10.3. The summed E-state index contributed by atoms with van der Waals surface area (Å²) in [5.41, 5.74) is 1.33. The Morgan fingerprint density at radius 3 is 2.52 bits per heavy atom. The second-order valence-corrected chi connectivity index (χ2v) is 7.52. The molecule has 1 N–H and O–H groups in total. The Hall–Kier alpha value is -3.05. The van der Waals surface area contributed by atoms with Gasteiger partial charge in [-0.25, -0.2) is 0 Å². The lowest BCUT2D eigenvalue weighted by Crippen LogP contribution is -2.47. The van der Waals surface area contributed by atoms with Crippen LogP contribution in [0.5, 0.6) is 0 Å². The van der Waals surface area contributed by atoms with Gasteiger partial charge in [0, 0.05) is 44.0 Å². The van der Waals surface area contributed by atoms with Crippen molar-refractivity contribution < 1.29 is 18.0 Å². The Bertz CT molecular complexity index is 931. The summed E-state index contributed by atoms with van der Waals surface area (Å²) in [4.78, 5) is 16.5. The van der Waals surface area contributed by atoms with Crippen molar-refractivity contribution in [3.05, 3.63) is 65.2 Å². The number of anilines is 1. The molecule has 5 nitrogen and oxygen atoms in total. The van der Waals surface area contributed by atoms with Gasteiger partial charge in [-0.1, -0.05) is 18.2 Å². The van der Waals surface area contributed by atoms with Gasteiger partial charge in [-0.2, -0.15) is 18.4 Å². The van der Waals surface area contributed by atoms with E-state index in [4.69, 9.17) is 5.26 Å². The van der Waals surface area contributed by atoms with Gasteiger partial charge in [0.05, 0.1) is 18.1 Å². The number of hydrogen-bond acceptors (Lipinski definition) is 4. The molecular formula is C23H25F3N4O. The topological polar surface area (TPSA) is 59.4 Å². The van der Waals surface area contributed by atoms with E-state index in [1.165, 1.54) is 12.1 Å². The number of piperazine rings is 1. The van der Waals surface area contributed by atoms with Crippen LogP contribution in [-0.2, 0) is 12.6 Å². The molecule has 1 saturated heterocycles. The van der Waals surface area contributed by atoms with Crippen LogP contribution in [0.1, 0.15) is 27.9 Å². The third-order valence-corrected chi connectivity index (χ3v) is 5.32. The molecule has 1 aliphatic heterocycles. The van der Waals surface area contributed by atoms with Crippen LogP contribution in [0.2, 0.25) is 0 Å². The van der Waals surface area contributed by atoms with Crippen LogP contribution >= 0.6 is 0 Å². The molecule has 1 heterocycles. The molecule has 0 aromatic heterocycles. The summed E-state index contributed by atoms with van der Waals surface area (Å²) >= 11 is 0. The molecule has 164 valence electrons. The largest absolute Gasteiger partial charge is 0.416 e. The molecule has 1 fully saturated rings. The first-order chi connectivity index (χ1) is 14.9. The number of nitrogens with one attached hydrogen (secondary N) is 1. The van der Waals surface area contributed by atoms with Crippen LogP contribution in [0.3, 0.4) is 0 Å². The van der Waals surface area contributed by atoms with E-state index in [1.54, 1.807) is 24.3 Å². The lowest BCUT2D eigenvalue weighted by Gasteiger charge is -2.36. The fraction of sp³-hybridized carbons (Fsp3) is 0.391. The van der Waals surface area contributed by atoms with Crippen molar-refractivity contribution in [2.24, 2.45) is 0 Å². The zero-order valence-electron chi connectivity index (χ0n) is 17.2. The van der Waals surface area contributed by atoms with Crippen LogP contribution in [0, 0.1) is 11.3 Å². The van der Waals surface area contributed by atoms with Crippen LogP contribution in [-0.4, -0.2) is 50.1 Å². The first kappa shape index (κ1) is 22.6. The monoisotopic (exact) mass is 430 g/mol. The van der Waals surface area contributed by atoms with Crippen LogP contribution in [0.15, 0.2) is 48.5 Å². The number of amides is 1. The molecule has 1 amide bonds. The lowest BCUT2D eigenvalue weighted by atomic mass is 10.1. The third-order valence-electron chi connectivity index (χ3n) is 5.32. The highest BCUT2D eigenvalue weighted by Crippen LogP contribution is 2.31. The summed E-state index contributed by atoms with van der Waals surface area (Å²) in [7, 11) is 0. The van der Waals surface area contributed by atoms with Gasteiger partial charge in [0.2, 0.25) is 0 Å². The molecule has 1 aliphatic rings. The van der Waals surface area contributed by atoms with Crippen molar-refractivity contribution in [2.75, 3.05) is 44.2 Å². The molecule has 0 atom stereocenters. The molecule has 0 spiro atoms. The van der Waals surface area contributed by atoms with Crippen molar-refractivity contribution >= 4 is 11.6 Å². The maximum Gasteiger partial charge on any atom is 0.416 e. The van der Waals surface area contributed by atoms with E-state index in [9.17, 15) is 18.0 Å². The quantitative estimate of drug-likeness (QED) is 0.681. The maximum atomic E-state index is 12.9. The van der Waals surface area contributed by atoms with Crippen LogP contribution in [0.25, 0.3) is 0 Å².